The Kier molecular flexibility index (Phi) is 8.92. The first-order valence-electron chi connectivity index (χ1n) is 12.2. The van der Waals surface area contributed by atoms with Gasteiger partial charge in [0.05, 0.1) is 33.5 Å². The Balaban J connectivity index is 1.42. The lowest BCUT2D eigenvalue weighted by molar-refractivity contribution is -0.116. The number of carbonyl (C=O) groups excluding carboxylic acids is 2. The number of methoxy groups -OCH3 is 3. The molecule has 4 aromatic rings. The summed E-state index contributed by atoms with van der Waals surface area (Å²) in [6.07, 6.45) is 1.48. The monoisotopic (exact) mass is 523 g/mol. The highest BCUT2D eigenvalue weighted by Crippen LogP contribution is 2.37. The Morgan fingerprint density at radius 2 is 1.28 bits per heavy atom. The molecular weight excluding hydrogens is 494 g/mol. The minimum atomic E-state index is -0.472. The summed E-state index contributed by atoms with van der Waals surface area (Å²) in [5.41, 5.74) is 5.90. The third kappa shape index (κ3) is 6.61. The normalized spacial score (nSPS) is 10.8. The van der Waals surface area contributed by atoms with Gasteiger partial charge in [-0.15, -0.1) is 0 Å². The van der Waals surface area contributed by atoms with E-state index in [9.17, 15) is 9.59 Å². The van der Waals surface area contributed by atoms with Crippen LogP contribution in [0.3, 0.4) is 0 Å². The standard InChI is InChI=1S/C31H29N3O5/c1-37-26-18-21(19-27(38-2)29(26)39-3)20-32-34-30(35)24-14-16-25(17-15-24)33-31(36)28(22-10-6-4-7-11-22)23-12-8-5-9-13-23/h4-20,28H,1-3H3,(H,33,36)(H,34,35). The van der Waals surface area contributed by atoms with Crippen molar-refractivity contribution in [3.05, 3.63) is 119 Å². The summed E-state index contributed by atoms with van der Waals surface area (Å²) >= 11 is 0. The van der Waals surface area contributed by atoms with Gasteiger partial charge in [-0.2, -0.15) is 5.10 Å². The number of hydrogen-bond donors (Lipinski definition) is 2. The lowest BCUT2D eigenvalue weighted by atomic mass is 9.90. The number of rotatable bonds is 10. The summed E-state index contributed by atoms with van der Waals surface area (Å²) in [4.78, 5) is 25.9. The molecule has 0 unspecified atom stereocenters. The molecule has 0 heterocycles. The molecule has 0 aromatic heterocycles. The van der Waals surface area contributed by atoms with Crippen LogP contribution in [0, 0.1) is 0 Å². The number of hydrazone groups is 1. The van der Waals surface area contributed by atoms with Crippen molar-refractivity contribution in [1.82, 2.24) is 5.43 Å². The van der Waals surface area contributed by atoms with E-state index < -0.39 is 11.8 Å². The molecule has 4 rings (SSSR count). The van der Waals surface area contributed by atoms with Crippen molar-refractivity contribution < 1.29 is 23.8 Å². The van der Waals surface area contributed by atoms with E-state index in [1.807, 2.05) is 60.7 Å². The maximum Gasteiger partial charge on any atom is 0.271 e. The first kappa shape index (κ1) is 26.9. The fourth-order valence-electron chi connectivity index (χ4n) is 4.11. The van der Waals surface area contributed by atoms with Crippen LogP contribution < -0.4 is 25.0 Å². The summed E-state index contributed by atoms with van der Waals surface area (Å²) in [7, 11) is 4.57. The summed E-state index contributed by atoms with van der Waals surface area (Å²) in [5, 5.41) is 7.01. The Morgan fingerprint density at radius 3 is 1.77 bits per heavy atom. The zero-order valence-electron chi connectivity index (χ0n) is 21.9. The quantitative estimate of drug-likeness (QED) is 0.219. The Hall–Kier alpha value is -5.11. The molecular formula is C31H29N3O5. The van der Waals surface area contributed by atoms with Crippen molar-refractivity contribution in [2.24, 2.45) is 5.10 Å². The first-order chi connectivity index (χ1) is 19.0. The second-order valence-electron chi connectivity index (χ2n) is 8.48. The Labute approximate surface area is 227 Å². The molecule has 0 radical (unpaired) electrons. The molecule has 0 aliphatic rings. The van der Waals surface area contributed by atoms with Crippen LogP contribution in [0.2, 0.25) is 0 Å². The van der Waals surface area contributed by atoms with Gasteiger partial charge >= 0.3 is 0 Å². The van der Waals surface area contributed by atoms with E-state index in [1.165, 1.54) is 27.5 Å². The van der Waals surface area contributed by atoms with Crippen LogP contribution in [0.5, 0.6) is 17.2 Å². The smallest absolute Gasteiger partial charge is 0.271 e. The zero-order chi connectivity index (χ0) is 27.6. The van der Waals surface area contributed by atoms with Gasteiger partial charge < -0.3 is 19.5 Å². The molecule has 0 saturated heterocycles. The second-order valence-corrected chi connectivity index (χ2v) is 8.48. The van der Waals surface area contributed by atoms with Gasteiger partial charge in [-0.25, -0.2) is 5.43 Å². The first-order valence-corrected chi connectivity index (χ1v) is 12.2. The summed E-state index contributed by atoms with van der Waals surface area (Å²) in [6, 6.07) is 29.3. The summed E-state index contributed by atoms with van der Waals surface area (Å²) in [6.45, 7) is 0. The number of ether oxygens (including phenoxy) is 3. The predicted octanol–water partition coefficient (Wildman–Crippen LogP) is 5.25. The van der Waals surface area contributed by atoms with Crippen molar-refractivity contribution in [1.29, 1.82) is 0 Å². The average Bonchev–Trinajstić information content (AvgIpc) is 2.98. The van der Waals surface area contributed by atoms with Crippen molar-refractivity contribution in [3.63, 3.8) is 0 Å². The van der Waals surface area contributed by atoms with Crippen molar-refractivity contribution >= 4 is 23.7 Å². The topological polar surface area (TPSA) is 98.2 Å². The highest BCUT2D eigenvalue weighted by Gasteiger charge is 2.22. The van der Waals surface area contributed by atoms with Gasteiger partial charge in [-0.05, 0) is 47.5 Å². The molecule has 39 heavy (non-hydrogen) atoms. The van der Waals surface area contributed by atoms with E-state index in [2.05, 4.69) is 15.8 Å². The minimum Gasteiger partial charge on any atom is -0.493 e. The molecule has 0 atom stereocenters. The lowest BCUT2D eigenvalue weighted by Crippen LogP contribution is -2.22. The molecule has 8 nitrogen and oxygen atoms in total. The maximum absolute atomic E-state index is 13.3. The van der Waals surface area contributed by atoms with E-state index in [0.29, 0.717) is 34.1 Å². The molecule has 2 N–H and O–H groups in total. The molecule has 2 amide bonds. The predicted molar refractivity (Wildman–Crippen MR) is 151 cm³/mol. The molecule has 0 aliphatic carbocycles. The SMILES string of the molecule is COc1cc(C=NNC(=O)c2ccc(NC(=O)C(c3ccccc3)c3ccccc3)cc2)cc(OC)c1OC. The van der Waals surface area contributed by atoms with E-state index in [0.717, 1.165) is 11.1 Å². The van der Waals surface area contributed by atoms with Gasteiger partial charge in [0, 0.05) is 16.8 Å². The molecule has 0 spiro atoms. The van der Waals surface area contributed by atoms with E-state index >= 15 is 0 Å². The number of nitrogens with zero attached hydrogens (tertiary/aromatic N) is 1. The van der Waals surface area contributed by atoms with Crippen LogP contribution >= 0.6 is 0 Å². The maximum atomic E-state index is 13.3. The van der Waals surface area contributed by atoms with Gasteiger partial charge in [-0.3, -0.25) is 9.59 Å². The average molecular weight is 524 g/mol. The van der Waals surface area contributed by atoms with Crippen molar-refractivity contribution in [3.8, 4) is 17.2 Å². The highest BCUT2D eigenvalue weighted by atomic mass is 16.5. The lowest BCUT2D eigenvalue weighted by Gasteiger charge is -2.18. The van der Waals surface area contributed by atoms with Crippen LogP contribution in [-0.4, -0.2) is 39.4 Å². The summed E-state index contributed by atoms with van der Waals surface area (Å²) < 4.78 is 16.0. The second kappa shape index (κ2) is 12.9. The molecule has 4 aromatic carbocycles. The Morgan fingerprint density at radius 1 is 0.744 bits per heavy atom. The van der Waals surface area contributed by atoms with Gasteiger partial charge in [0.25, 0.3) is 5.91 Å². The van der Waals surface area contributed by atoms with E-state index in [-0.39, 0.29) is 5.91 Å². The van der Waals surface area contributed by atoms with Crippen LogP contribution in [0.4, 0.5) is 5.69 Å². The molecule has 8 heteroatoms. The van der Waals surface area contributed by atoms with Gasteiger partial charge in [-0.1, -0.05) is 60.7 Å². The molecule has 198 valence electrons. The number of amides is 2. The van der Waals surface area contributed by atoms with Crippen LogP contribution in [0.1, 0.15) is 33.0 Å². The van der Waals surface area contributed by atoms with Gasteiger partial charge in [0.2, 0.25) is 11.7 Å². The van der Waals surface area contributed by atoms with E-state index in [1.54, 1.807) is 36.4 Å². The van der Waals surface area contributed by atoms with E-state index in [4.69, 9.17) is 14.2 Å². The summed E-state index contributed by atoms with van der Waals surface area (Å²) in [5.74, 6) is 0.378. The van der Waals surface area contributed by atoms with Gasteiger partial charge in [0.15, 0.2) is 11.5 Å². The van der Waals surface area contributed by atoms with Crippen LogP contribution in [0.15, 0.2) is 102 Å². The third-order valence-electron chi connectivity index (χ3n) is 6.01. The minimum absolute atomic E-state index is 0.167. The number of carbonyl (C=O) groups is 2. The van der Waals surface area contributed by atoms with Crippen LogP contribution in [0.25, 0.3) is 0 Å². The number of hydrogen-bond acceptors (Lipinski definition) is 6. The van der Waals surface area contributed by atoms with Gasteiger partial charge in [0.1, 0.15) is 0 Å². The third-order valence-corrected chi connectivity index (χ3v) is 6.01. The number of nitrogens with one attached hydrogen (secondary N) is 2. The Bertz CT molecular complexity index is 1370. The van der Waals surface area contributed by atoms with Crippen molar-refractivity contribution in [2.45, 2.75) is 5.92 Å². The highest BCUT2D eigenvalue weighted by molar-refractivity contribution is 5.99. The number of anilines is 1. The molecule has 0 fully saturated rings. The van der Waals surface area contributed by atoms with Crippen LogP contribution in [-0.2, 0) is 4.79 Å². The molecule has 0 saturated carbocycles. The molecule has 0 bridgehead atoms. The number of benzene rings is 4. The fourth-order valence-corrected chi connectivity index (χ4v) is 4.11. The fraction of sp³-hybridized carbons (Fsp3) is 0.129. The molecule has 0 aliphatic heterocycles. The largest absolute Gasteiger partial charge is 0.493 e. The zero-order valence-corrected chi connectivity index (χ0v) is 21.9. The van der Waals surface area contributed by atoms with Crippen molar-refractivity contribution in [2.75, 3.05) is 26.6 Å².